The lowest BCUT2D eigenvalue weighted by Crippen LogP contribution is -2.04. The normalized spacial score (nSPS) is 10.1. The van der Waals surface area contributed by atoms with Gasteiger partial charge in [0.25, 0.3) is 0 Å². The van der Waals surface area contributed by atoms with Crippen LogP contribution in [0.1, 0.15) is 21.5 Å². The van der Waals surface area contributed by atoms with Crippen LogP contribution in [0, 0.1) is 13.8 Å². The monoisotopic (exact) mass is 210 g/mol. The first-order chi connectivity index (χ1) is 7.06. The average Bonchev–Trinajstić information content (AvgIpc) is 2.19. The molecule has 1 rings (SSSR count). The van der Waals surface area contributed by atoms with Crippen LogP contribution >= 0.6 is 0 Å². The number of ether oxygens (including phenoxy) is 2. The summed E-state index contributed by atoms with van der Waals surface area (Å²) in [6.07, 6.45) is 0. The fraction of sp³-hybridized carbons (Fsp3) is 0.364. The lowest BCUT2D eigenvalue weighted by atomic mass is 10.1. The van der Waals surface area contributed by atoms with E-state index in [1.54, 1.807) is 6.07 Å². The van der Waals surface area contributed by atoms with Crippen LogP contribution in [0.5, 0.6) is 5.75 Å². The highest BCUT2D eigenvalue weighted by molar-refractivity contribution is 5.88. The minimum atomic E-state index is -0.958. The predicted molar refractivity (Wildman–Crippen MR) is 55.4 cm³/mol. The lowest BCUT2D eigenvalue weighted by molar-refractivity contribution is 0.0502. The third kappa shape index (κ3) is 2.70. The second-order valence-corrected chi connectivity index (χ2v) is 3.27. The summed E-state index contributed by atoms with van der Waals surface area (Å²) in [4.78, 5) is 10.8. The van der Waals surface area contributed by atoms with Gasteiger partial charge >= 0.3 is 5.97 Å². The average molecular weight is 210 g/mol. The Hall–Kier alpha value is -1.55. The van der Waals surface area contributed by atoms with E-state index in [1.807, 2.05) is 13.8 Å². The molecular weight excluding hydrogens is 196 g/mol. The Kier molecular flexibility index (Phi) is 3.68. The van der Waals surface area contributed by atoms with Crippen LogP contribution in [0.2, 0.25) is 0 Å². The van der Waals surface area contributed by atoms with Crippen LogP contribution in [-0.4, -0.2) is 25.0 Å². The first-order valence-electron chi connectivity index (χ1n) is 4.52. The van der Waals surface area contributed by atoms with E-state index >= 15 is 0 Å². The molecule has 1 aromatic rings. The molecule has 1 N–H and O–H groups in total. The molecule has 0 radical (unpaired) electrons. The van der Waals surface area contributed by atoms with Crippen LogP contribution in [0.4, 0.5) is 0 Å². The van der Waals surface area contributed by atoms with Crippen molar-refractivity contribution in [1.82, 2.24) is 0 Å². The van der Waals surface area contributed by atoms with Gasteiger partial charge in [-0.3, -0.25) is 0 Å². The van der Waals surface area contributed by atoms with Crippen LogP contribution in [0.15, 0.2) is 12.1 Å². The molecule has 0 fully saturated rings. The van der Waals surface area contributed by atoms with Crippen molar-refractivity contribution in [3.05, 3.63) is 28.8 Å². The fourth-order valence-electron chi connectivity index (χ4n) is 1.22. The molecule has 0 saturated heterocycles. The second kappa shape index (κ2) is 4.79. The van der Waals surface area contributed by atoms with E-state index in [4.69, 9.17) is 14.6 Å². The molecule has 0 unspecified atom stereocenters. The van der Waals surface area contributed by atoms with Gasteiger partial charge in [-0.05, 0) is 37.1 Å². The Balaban J connectivity index is 3.07. The van der Waals surface area contributed by atoms with Gasteiger partial charge in [0, 0.05) is 7.11 Å². The third-order valence-corrected chi connectivity index (χ3v) is 2.20. The van der Waals surface area contributed by atoms with E-state index in [9.17, 15) is 4.79 Å². The van der Waals surface area contributed by atoms with Crippen LogP contribution in [0.3, 0.4) is 0 Å². The third-order valence-electron chi connectivity index (χ3n) is 2.20. The molecule has 0 amide bonds. The summed E-state index contributed by atoms with van der Waals surface area (Å²) < 4.78 is 10.0. The number of hydrogen-bond acceptors (Lipinski definition) is 3. The predicted octanol–water partition coefficient (Wildman–Crippen LogP) is 1.98. The topological polar surface area (TPSA) is 55.8 Å². The maximum Gasteiger partial charge on any atom is 0.335 e. The number of carboxylic acid groups (broad SMARTS) is 1. The van der Waals surface area contributed by atoms with Gasteiger partial charge in [-0.15, -0.1) is 0 Å². The number of aryl methyl sites for hydroxylation is 1. The van der Waals surface area contributed by atoms with Crippen molar-refractivity contribution in [2.24, 2.45) is 0 Å². The summed E-state index contributed by atoms with van der Waals surface area (Å²) in [6, 6.07) is 3.13. The molecule has 0 aromatic heterocycles. The smallest absolute Gasteiger partial charge is 0.335 e. The quantitative estimate of drug-likeness (QED) is 0.772. The van der Waals surface area contributed by atoms with E-state index < -0.39 is 5.97 Å². The highest BCUT2D eigenvalue weighted by Crippen LogP contribution is 2.23. The molecule has 0 bridgehead atoms. The number of carbonyl (C=O) groups is 1. The Morgan fingerprint density at radius 3 is 2.60 bits per heavy atom. The highest BCUT2D eigenvalue weighted by atomic mass is 16.7. The van der Waals surface area contributed by atoms with Crippen molar-refractivity contribution in [2.75, 3.05) is 13.9 Å². The maximum atomic E-state index is 10.8. The number of benzene rings is 1. The molecule has 82 valence electrons. The fourth-order valence-corrected chi connectivity index (χ4v) is 1.22. The van der Waals surface area contributed by atoms with Gasteiger partial charge in [0.2, 0.25) is 0 Å². The maximum absolute atomic E-state index is 10.8. The van der Waals surface area contributed by atoms with Crippen molar-refractivity contribution in [1.29, 1.82) is 0 Å². The van der Waals surface area contributed by atoms with Gasteiger partial charge in [-0.1, -0.05) is 0 Å². The number of hydrogen-bond donors (Lipinski definition) is 1. The first kappa shape index (κ1) is 11.5. The SMILES string of the molecule is COCOc1cc(C(=O)O)cc(C)c1C. The van der Waals surface area contributed by atoms with Crippen molar-refractivity contribution in [2.45, 2.75) is 13.8 Å². The van der Waals surface area contributed by atoms with Gasteiger partial charge in [0.15, 0.2) is 6.79 Å². The zero-order valence-electron chi connectivity index (χ0n) is 9.03. The number of carboxylic acids is 1. The highest BCUT2D eigenvalue weighted by Gasteiger charge is 2.09. The largest absolute Gasteiger partial charge is 0.478 e. The molecule has 0 aliphatic heterocycles. The van der Waals surface area contributed by atoms with Gasteiger partial charge in [-0.25, -0.2) is 4.79 Å². The van der Waals surface area contributed by atoms with E-state index in [0.717, 1.165) is 11.1 Å². The summed E-state index contributed by atoms with van der Waals surface area (Å²) in [5.74, 6) is -0.408. The Morgan fingerprint density at radius 2 is 2.07 bits per heavy atom. The summed E-state index contributed by atoms with van der Waals surface area (Å²) in [7, 11) is 1.52. The van der Waals surface area contributed by atoms with Crippen molar-refractivity contribution >= 4 is 5.97 Å². The van der Waals surface area contributed by atoms with Crippen molar-refractivity contribution < 1.29 is 19.4 Å². The number of methoxy groups -OCH3 is 1. The van der Waals surface area contributed by atoms with E-state index in [2.05, 4.69) is 0 Å². The Labute approximate surface area is 88.4 Å². The summed E-state index contributed by atoms with van der Waals surface area (Å²) >= 11 is 0. The standard InChI is InChI=1S/C11H14O4/c1-7-4-9(11(12)13)5-10(8(7)2)15-6-14-3/h4-5H,6H2,1-3H3,(H,12,13). The van der Waals surface area contributed by atoms with Gasteiger partial charge in [0.05, 0.1) is 5.56 Å². The zero-order chi connectivity index (χ0) is 11.4. The number of rotatable bonds is 4. The molecule has 1 aromatic carbocycles. The van der Waals surface area contributed by atoms with E-state index in [-0.39, 0.29) is 12.4 Å². The molecule has 0 atom stereocenters. The summed E-state index contributed by atoms with van der Waals surface area (Å²) in [5, 5.41) is 8.86. The molecule has 0 aliphatic carbocycles. The first-order valence-corrected chi connectivity index (χ1v) is 4.52. The molecule has 0 saturated carbocycles. The summed E-state index contributed by atoms with van der Waals surface area (Å²) in [5.41, 5.74) is 2.04. The van der Waals surface area contributed by atoms with Crippen LogP contribution in [-0.2, 0) is 4.74 Å². The van der Waals surface area contributed by atoms with Gasteiger partial charge < -0.3 is 14.6 Å². The molecule has 4 nitrogen and oxygen atoms in total. The minimum Gasteiger partial charge on any atom is -0.478 e. The number of aromatic carboxylic acids is 1. The Bertz CT molecular complexity index is 371. The van der Waals surface area contributed by atoms with Crippen LogP contribution in [0.25, 0.3) is 0 Å². The van der Waals surface area contributed by atoms with Gasteiger partial charge in [-0.2, -0.15) is 0 Å². The molecule has 4 heteroatoms. The van der Waals surface area contributed by atoms with E-state index in [1.165, 1.54) is 13.2 Å². The second-order valence-electron chi connectivity index (χ2n) is 3.27. The van der Waals surface area contributed by atoms with Gasteiger partial charge in [0.1, 0.15) is 5.75 Å². The molecule has 0 heterocycles. The molecular formula is C11H14O4. The van der Waals surface area contributed by atoms with E-state index in [0.29, 0.717) is 5.75 Å². The molecule has 0 spiro atoms. The Morgan fingerprint density at radius 1 is 1.40 bits per heavy atom. The lowest BCUT2D eigenvalue weighted by Gasteiger charge is -2.11. The molecule has 0 aliphatic rings. The molecule has 15 heavy (non-hydrogen) atoms. The van der Waals surface area contributed by atoms with Crippen LogP contribution < -0.4 is 4.74 Å². The van der Waals surface area contributed by atoms with Crippen molar-refractivity contribution in [3.8, 4) is 5.75 Å². The minimum absolute atomic E-state index is 0.114. The van der Waals surface area contributed by atoms with Crippen molar-refractivity contribution in [3.63, 3.8) is 0 Å². The summed E-state index contributed by atoms with van der Waals surface area (Å²) in [6.45, 7) is 3.84. The zero-order valence-corrected chi connectivity index (χ0v) is 9.03.